The van der Waals surface area contributed by atoms with Crippen molar-refractivity contribution in [2.45, 2.75) is 6.36 Å². The van der Waals surface area contributed by atoms with E-state index in [4.69, 9.17) is 5.73 Å². The Morgan fingerprint density at radius 2 is 1.78 bits per heavy atom. The lowest BCUT2D eigenvalue weighted by molar-refractivity contribution is -0.274. The van der Waals surface area contributed by atoms with Crippen molar-refractivity contribution < 1.29 is 17.9 Å². The number of ether oxygens (including phenoxy) is 1. The number of nitrogens with two attached hydrogens (primary N) is 1. The normalized spacial score (nSPS) is 11.4. The van der Waals surface area contributed by atoms with E-state index in [-0.39, 0.29) is 10.9 Å². The molecule has 0 aliphatic rings. The molecule has 0 aromatic heterocycles. The zero-order valence-corrected chi connectivity index (χ0v) is 12.5. The van der Waals surface area contributed by atoms with E-state index < -0.39 is 6.36 Å². The van der Waals surface area contributed by atoms with Crippen LogP contribution >= 0.6 is 12.2 Å². The molecule has 0 spiro atoms. The third-order valence-corrected chi connectivity index (χ3v) is 2.83. The lowest BCUT2D eigenvalue weighted by atomic mass is 10.0. The third kappa shape index (κ3) is 5.26. The molecule has 23 heavy (non-hydrogen) atoms. The first kappa shape index (κ1) is 16.8. The molecule has 0 saturated heterocycles. The SMILES string of the molecule is NC(=S)NN=Cc1ccccc1-c1ccc(OC(F)(F)F)cc1. The van der Waals surface area contributed by atoms with E-state index in [2.05, 4.69) is 27.5 Å². The largest absolute Gasteiger partial charge is 0.573 e. The number of thiocarbonyl (C=S) groups is 1. The summed E-state index contributed by atoms with van der Waals surface area (Å²) >= 11 is 4.64. The monoisotopic (exact) mass is 339 g/mol. The van der Waals surface area contributed by atoms with Gasteiger partial charge < -0.3 is 10.5 Å². The highest BCUT2D eigenvalue weighted by atomic mass is 32.1. The highest BCUT2D eigenvalue weighted by molar-refractivity contribution is 7.80. The molecule has 0 aliphatic heterocycles. The van der Waals surface area contributed by atoms with Crippen molar-refractivity contribution in [2.24, 2.45) is 10.8 Å². The molecule has 2 rings (SSSR count). The van der Waals surface area contributed by atoms with Gasteiger partial charge in [0.05, 0.1) is 6.21 Å². The minimum atomic E-state index is -4.71. The Bertz CT molecular complexity index is 715. The molecule has 3 N–H and O–H groups in total. The van der Waals surface area contributed by atoms with E-state index in [9.17, 15) is 13.2 Å². The quantitative estimate of drug-likeness (QED) is 0.509. The molecule has 4 nitrogen and oxygen atoms in total. The molecular formula is C15H12F3N3OS. The first-order chi connectivity index (χ1) is 10.8. The van der Waals surface area contributed by atoms with Crippen molar-refractivity contribution in [1.82, 2.24) is 5.43 Å². The number of hydrogen-bond donors (Lipinski definition) is 2. The van der Waals surface area contributed by atoms with Crippen LogP contribution in [0.2, 0.25) is 0 Å². The molecule has 0 radical (unpaired) electrons. The van der Waals surface area contributed by atoms with Crippen LogP contribution in [0, 0.1) is 0 Å². The maximum atomic E-state index is 12.2. The summed E-state index contributed by atoms with van der Waals surface area (Å²) in [4.78, 5) is 0. The van der Waals surface area contributed by atoms with E-state index in [0.717, 1.165) is 16.7 Å². The molecule has 0 unspecified atom stereocenters. The molecule has 0 aliphatic carbocycles. The maximum absolute atomic E-state index is 12.2. The molecule has 2 aromatic rings. The van der Waals surface area contributed by atoms with Gasteiger partial charge in [-0.1, -0.05) is 36.4 Å². The molecule has 0 saturated carbocycles. The van der Waals surface area contributed by atoms with E-state index in [1.54, 1.807) is 6.07 Å². The highest BCUT2D eigenvalue weighted by Gasteiger charge is 2.30. The number of hydrazone groups is 1. The van der Waals surface area contributed by atoms with Gasteiger partial charge in [-0.15, -0.1) is 13.2 Å². The number of halogens is 3. The summed E-state index contributed by atoms with van der Waals surface area (Å²) in [7, 11) is 0. The van der Waals surface area contributed by atoms with Gasteiger partial charge in [-0.3, -0.25) is 5.43 Å². The molecule has 0 fully saturated rings. The minimum Gasteiger partial charge on any atom is -0.406 e. The van der Waals surface area contributed by atoms with Crippen molar-refractivity contribution in [1.29, 1.82) is 0 Å². The fourth-order valence-electron chi connectivity index (χ4n) is 1.87. The zero-order valence-electron chi connectivity index (χ0n) is 11.7. The number of nitrogens with one attached hydrogen (secondary N) is 1. The predicted octanol–water partition coefficient (Wildman–Crippen LogP) is 3.42. The van der Waals surface area contributed by atoms with Crippen molar-refractivity contribution in [3.05, 3.63) is 54.1 Å². The minimum absolute atomic E-state index is 0.0346. The Morgan fingerprint density at radius 1 is 1.13 bits per heavy atom. The van der Waals surface area contributed by atoms with Crippen molar-refractivity contribution >= 4 is 23.5 Å². The van der Waals surface area contributed by atoms with Gasteiger partial charge >= 0.3 is 6.36 Å². The van der Waals surface area contributed by atoms with Gasteiger partial charge in [0, 0.05) is 5.56 Å². The van der Waals surface area contributed by atoms with Gasteiger partial charge in [0.1, 0.15) is 5.75 Å². The van der Waals surface area contributed by atoms with Crippen LogP contribution in [0.25, 0.3) is 11.1 Å². The van der Waals surface area contributed by atoms with Crippen molar-refractivity contribution in [2.75, 3.05) is 0 Å². The Kier molecular flexibility index (Phi) is 5.17. The fourth-order valence-corrected chi connectivity index (χ4v) is 1.93. The molecule has 0 atom stereocenters. The third-order valence-electron chi connectivity index (χ3n) is 2.74. The molecule has 0 heterocycles. The van der Waals surface area contributed by atoms with Gasteiger partial charge in [0.2, 0.25) is 0 Å². The summed E-state index contributed by atoms with van der Waals surface area (Å²) in [5.74, 6) is -0.275. The molecular weight excluding hydrogens is 327 g/mol. The second kappa shape index (κ2) is 7.10. The second-order valence-corrected chi connectivity index (χ2v) is 4.83. The van der Waals surface area contributed by atoms with Crippen LogP contribution in [0.1, 0.15) is 5.56 Å². The van der Waals surface area contributed by atoms with Crippen LogP contribution < -0.4 is 15.9 Å². The number of benzene rings is 2. The summed E-state index contributed by atoms with van der Waals surface area (Å²) in [6.07, 6.45) is -3.19. The Hall–Kier alpha value is -2.61. The Balaban J connectivity index is 2.25. The summed E-state index contributed by atoms with van der Waals surface area (Å²) in [6.45, 7) is 0. The first-order valence-corrected chi connectivity index (χ1v) is 6.80. The van der Waals surface area contributed by atoms with E-state index in [1.165, 1.54) is 30.5 Å². The van der Waals surface area contributed by atoms with Crippen LogP contribution in [-0.2, 0) is 0 Å². The standard InChI is InChI=1S/C15H12F3N3OS/c16-15(17,18)22-12-7-5-10(6-8-12)13-4-2-1-3-11(13)9-20-21-14(19)23/h1-9H,(H3,19,21,23). The second-order valence-electron chi connectivity index (χ2n) is 4.39. The van der Waals surface area contributed by atoms with E-state index in [1.807, 2.05) is 18.2 Å². The first-order valence-electron chi connectivity index (χ1n) is 6.39. The molecule has 0 bridgehead atoms. The van der Waals surface area contributed by atoms with Crippen LogP contribution in [0.3, 0.4) is 0 Å². The van der Waals surface area contributed by atoms with Crippen LogP contribution in [-0.4, -0.2) is 17.7 Å². The van der Waals surface area contributed by atoms with Crippen molar-refractivity contribution in [3.63, 3.8) is 0 Å². The van der Waals surface area contributed by atoms with E-state index in [0.29, 0.717) is 0 Å². The predicted molar refractivity (Wildman–Crippen MR) is 86.1 cm³/mol. The number of hydrogen-bond acceptors (Lipinski definition) is 3. The van der Waals surface area contributed by atoms with Crippen molar-refractivity contribution in [3.8, 4) is 16.9 Å². The highest BCUT2D eigenvalue weighted by Crippen LogP contribution is 2.27. The molecule has 0 amide bonds. The van der Waals surface area contributed by atoms with Gasteiger partial charge in [-0.05, 0) is 35.5 Å². The van der Waals surface area contributed by atoms with Crippen LogP contribution in [0.5, 0.6) is 5.75 Å². The lowest BCUT2D eigenvalue weighted by Gasteiger charge is -2.10. The number of nitrogens with zero attached hydrogens (tertiary/aromatic N) is 1. The van der Waals surface area contributed by atoms with Gasteiger partial charge in [0.15, 0.2) is 5.11 Å². The lowest BCUT2D eigenvalue weighted by Crippen LogP contribution is -2.24. The molecule has 8 heteroatoms. The smallest absolute Gasteiger partial charge is 0.406 e. The van der Waals surface area contributed by atoms with Gasteiger partial charge in [-0.25, -0.2) is 0 Å². The van der Waals surface area contributed by atoms with Crippen LogP contribution in [0.4, 0.5) is 13.2 Å². The van der Waals surface area contributed by atoms with E-state index >= 15 is 0 Å². The maximum Gasteiger partial charge on any atom is 0.573 e. The summed E-state index contributed by atoms with van der Waals surface area (Å²) in [6, 6.07) is 12.8. The average molecular weight is 339 g/mol. The average Bonchev–Trinajstić information content (AvgIpc) is 2.47. The molecule has 2 aromatic carbocycles. The molecule has 120 valence electrons. The summed E-state index contributed by atoms with van der Waals surface area (Å²) in [5, 5.41) is 3.91. The summed E-state index contributed by atoms with van der Waals surface area (Å²) < 4.78 is 40.3. The Labute approximate surface area is 135 Å². The van der Waals surface area contributed by atoms with Crippen LogP contribution in [0.15, 0.2) is 53.6 Å². The topological polar surface area (TPSA) is 59.6 Å². The van der Waals surface area contributed by atoms with Gasteiger partial charge in [-0.2, -0.15) is 5.10 Å². The zero-order chi connectivity index (χ0) is 16.9. The summed E-state index contributed by atoms with van der Waals surface area (Å²) in [5.41, 5.74) is 9.98. The number of alkyl halides is 3. The Morgan fingerprint density at radius 3 is 2.39 bits per heavy atom. The van der Waals surface area contributed by atoms with Gasteiger partial charge in [0.25, 0.3) is 0 Å². The fraction of sp³-hybridized carbons (Fsp3) is 0.0667. The number of rotatable bonds is 4.